The zero-order valence-corrected chi connectivity index (χ0v) is 12.7. The first-order valence-corrected chi connectivity index (χ1v) is 7.25. The van der Waals surface area contributed by atoms with E-state index in [0.29, 0.717) is 17.1 Å². The quantitative estimate of drug-likeness (QED) is 0.919. The molecular weight excluding hydrogens is 336 g/mol. The van der Waals surface area contributed by atoms with Crippen LogP contribution in [0.25, 0.3) is 0 Å². The summed E-state index contributed by atoms with van der Waals surface area (Å²) in [6.45, 7) is 2.34. The summed E-state index contributed by atoms with van der Waals surface area (Å²) < 4.78 is 0.821. The Hall–Kier alpha value is -0.910. The lowest BCUT2D eigenvalue weighted by molar-refractivity contribution is 0.0951. The van der Waals surface area contributed by atoms with Crippen molar-refractivity contribution < 1.29 is 4.79 Å². The number of aromatic nitrogens is 1. The van der Waals surface area contributed by atoms with Crippen LogP contribution in [0.5, 0.6) is 0 Å². The number of benzene rings is 1. The summed E-state index contributed by atoms with van der Waals surface area (Å²) in [6.07, 6.45) is 0. The molecule has 0 fully saturated rings. The van der Waals surface area contributed by atoms with Gasteiger partial charge in [0.1, 0.15) is 5.01 Å². The third kappa shape index (κ3) is 3.31. The summed E-state index contributed by atoms with van der Waals surface area (Å²) in [4.78, 5) is 16.2. The van der Waals surface area contributed by atoms with Gasteiger partial charge < -0.3 is 5.32 Å². The molecule has 0 aliphatic rings. The van der Waals surface area contributed by atoms with E-state index in [1.165, 1.54) is 11.3 Å². The number of halogens is 2. The van der Waals surface area contributed by atoms with E-state index < -0.39 is 0 Å². The lowest BCUT2D eigenvalue weighted by Crippen LogP contribution is -2.23. The number of amides is 1. The summed E-state index contributed by atoms with van der Waals surface area (Å²) >= 11 is 10.8. The van der Waals surface area contributed by atoms with Crippen molar-refractivity contribution in [3.8, 4) is 0 Å². The molecule has 3 nitrogen and oxygen atoms in total. The van der Waals surface area contributed by atoms with Gasteiger partial charge in [-0.3, -0.25) is 4.79 Å². The van der Waals surface area contributed by atoms with Crippen molar-refractivity contribution in [3.63, 3.8) is 0 Å². The minimum absolute atomic E-state index is 0.200. The van der Waals surface area contributed by atoms with Gasteiger partial charge in [-0.1, -0.05) is 27.5 Å². The van der Waals surface area contributed by atoms with Gasteiger partial charge in [-0.2, -0.15) is 0 Å². The molecule has 1 heterocycles. The Balaban J connectivity index is 2.05. The van der Waals surface area contributed by atoms with Gasteiger partial charge in [-0.15, -0.1) is 11.3 Å². The highest BCUT2D eigenvalue weighted by atomic mass is 79.9. The normalized spacial score (nSPS) is 10.4. The summed E-state index contributed by atoms with van der Waals surface area (Å²) in [5.74, 6) is -0.200. The van der Waals surface area contributed by atoms with Crippen LogP contribution in [-0.4, -0.2) is 10.9 Å². The van der Waals surface area contributed by atoms with Crippen LogP contribution in [0, 0.1) is 6.92 Å². The molecule has 0 radical (unpaired) electrons. The molecule has 1 N–H and O–H groups in total. The molecule has 0 saturated heterocycles. The van der Waals surface area contributed by atoms with Crippen LogP contribution in [0.15, 0.2) is 28.1 Å². The fraction of sp³-hybridized carbons (Fsp3) is 0.167. The zero-order chi connectivity index (χ0) is 13.1. The first-order valence-electron chi connectivity index (χ1n) is 5.20. The molecule has 6 heteroatoms. The number of thiazole rings is 1. The van der Waals surface area contributed by atoms with Crippen molar-refractivity contribution in [2.45, 2.75) is 13.5 Å². The Morgan fingerprint density at radius 1 is 1.56 bits per heavy atom. The van der Waals surface area contributed by atoms with Crippen molar-refractivity contribution in [2.75, 3.05) is 0 Å². The second-order valence-electron chi connectivity index (χ2n) is 3.69. The second-order valence-corrected chi connectivity index (χ2v) is 5.96. The molecule has 0 bridgehead atoms. The number of hydrogen-bond acceptors (Lipinski definition) is 3. The standard InChI is InChI=1S/C12H10BrClN2OS/c1-7-6-18-11(16-7)5-15-12(17)9-4-8(13)2-3-10(9)14/h2-4,6H,5H2,1H3,(H,15,17). The van der Waals surface area contributed by atoms with Gasteiger partial charge in [0.15, 0.2) is 0 Å². The third-order valence-corrected chi connectivity index (χ3v) is 4.03. The number of hydrogen-bond donors (Lipinski definition) is 1. The molecule has 2 rings (SSSR count). The SMILES string of the molecule is Cc1csc(CNC(=O)c2cc(Br)ccc2Cl)n1. The van der Waals surface area contributed by atoms with Gasteiger partial charge in [-0.25, -0.2) is 4.98 Å². The number of nitrogens with zero attached hydrogens (tertiary/aromatic N) is 1. The molecule has 0 atom stereocenters. The highest BCUT2D eigenvalue weighted by molar-refractivity contribution is 9.10. The van der Waals surface area contributed by atoms with E-state index in [4.69, 9.17) is 11.6 Å². The summed E-state index contributed by atoms with van der Waals surface area (Å²) in [5.41, 5.74) is 1.42. The monoisotopic (exact) mass is 344 g/mol. The molecule has 0 unspecified atom stereocenters. The largest absolute Gasteiger partial charge is 0.345 e. The number of nitrogens with one attached hydrogen (secondary N) is 1. The van der Waals surface area contributed by atoms with Crippen LogP contribution < -0.4 is 5.32 Å². The molecule has 94 valence electrons. The van der Waals surface area contributed by atoms with Crippen LogP contribution in [0.1, 0.15) is 21.1 Å². The molecule has 0 aliphatic carbocycles. The fourth-order valence-corrected chi connectivity index (χ4v) is 2.68. The van der Waals surface area contributed by atoms with E-state index in [2.05, 4.69) is 26.2 Å². The Morgan fingerprint density at radius 2 is 2.33 bits per heavy atom. The number of carbonyl (C=O) groups excluding carboxylic acids is 1. The minimum atomic E-state index is -0.200. The Morgan fingerprint density at radius 3 is 3.00 bits per heavy atom. The van der Waals surface area contributed by atoms with Gasteiger partial charge in [0.2, 0.25) is 0 Å². The summed E-state index contributed by atoms with van der Waals surface area (Å²) in [7, 11) is 0. The highest BCUT2D eigenvalue weighted by Crippen LogP contribution is 2.21. The van der Waals surface area contributed by atoms with E-state index in [0.717, 1.165) is 15.2 Å². The van der Waals surface area contributed by atoms with Crippen molar-refractivity contribution in [3.05, 3.63) is 49.3 Å². The average Bonchev–Trinajstić information content (AvgIpc) is 2.75. The number of rotatable bonds is 3. The molecule has 18 heavy (non-hydrogen) atoms. The molecule has 1 aromatic heterocycles. The van der Waals surface area contributed by atoms with Crippen molar-refractivity contribution in [1.82, 2.24) is 10.3 Å². The Bertz CT molecular complexity index is 585. The Kier molecular flexibility index (Phi) is 4.37. The van der Waals surface area contributed by atoms with Gasteiger partial charge in [0.05, 0.1) is 17.1 Å². The second kappa shape index (κ2) is 5.82. The zero-order valence-electron chi connectivity index (χ0n) is 9.54. The van der Waals surface area contributed by atoms with Crippen molar-refractivity contribution in [2.24, 2.45) is 0 Å². The van der Waals surface area contributed by atoms with Gasteiger partial charge in [-0.05, 0) is 25.1 Å². The maximum Gasteiger partial charge on any atom is 0.253 e. The maximum atomic E-state index is 12.0. The molecule has 0 saturated carbocycles. The smallest absolute Gasteiger partial charge is 0.253 e. The van der Waals surface area contributed by atoms with Gasteiger partial charge in [0, 0.05) is 15.5 Å². The van der Waals surface area contributed by atoms with E-state index in [9.17, 15) is 4.79 Å². The topological polar surface area (TPSA) is 42.0 Å². The number of aryl methyl sites for hydroxylation is 1. The lowest BCUT2D eigenvalue weighted by atomic mass is 10.2. The minimum Gasteiger partial charge on any atom is -0.345 e. The van der Waals surface area contributed by atoms with Gasteiger partial charge >= 0.3 is 0 Å². The summed E-state index contributed by atoms with van der Waals surface area (Å²) in [6, 6.07) is 5.18. The molecular formula is C12H10BrClN2OS. The highest BCUT2D eigenvalue weighted by Gasteiger charge is 2.11. The molecule has 2 aromatic rings. The molecule has 1 aromatic carbocycles. The molecule has 1 amide bonds. The van der Waals surface area contributed by atoms with Crippen LogP contribution in [0.4, 0.5) is 0 Å². The van der Waals surface area contributed by atoms with Crippen LogP contribution >= 0.6 is 38.9 Å². The predicted molar refractivity (Wildman–Crippen MR) is 77.2 cm³/mol. The summed E-state index contributed by atoms with van der Waals surface area (Å²) in [5, 5.41) is 6.07. The van der Waals surface area contributed by atoms with Crippen LogP contribution in [0.2, 0.25) is 5.02 Å². The van der Waals surface area contributed by atoms with Crippen LogP contribution in [-0.2, 0) is 6.54 Å². The molecule has 0 aliphatic heterocycles. The first kappa shape index (κ1) is 13.5. The molecule has 0 spiro atoms. The third-order valence-electron chi connectivity index (χ3n) is 2.24. The fourth-order valence-electron chi connectivity index (χ4n) is 1.41. The van der Waals surface area contributed by atoms with E-state index in [-0.39, 0.29) is 5.91 Å². The van der Waals surface area contributed by atoms with E-state index >= 15 is 0 Å². The lowest BCUT2D eigenvalue weighted by Gasteiger charge is -2.05. The average molecular weight is 346 g/mol. The van der Waals surface area contributed by atoms with Crippen molar-refractivity contribution in [1.29, 1.82) is 0 Å². The van der Waals surface area contributed by atoms with Gasteiger partial charge in [0.25, 0.3) is 5.91 Å². The van der Waals surface area contributed by atoms with E-state index in [1.807, 2.05) is 12.3 Å². The maximum absolute atomic E-state index is 12.0. The van der Waals surface area contributed by atoms with E-state index in [1.54, 1.807) is 18.2 Å². The van der Waals surface area contributed by atoms with Crippen molar-refractivity contribution >= 4 is 44.8 Å². The van der Waals surface area contributed by atoms with Crippen LogP contribution in [0.3, 0.4) is 0 Å². The Labute approximate surface area is 122 Å². The predicted octanol–water partition coefficient (Wildman–Crippen LogP) is 3.80. The number of carbonyl (C=O) groups is 1. The first-order chi connectivity index (χ1) is 8.56.